The smallest absolute Gasteiger partial charge is 0.144 e. The Hall–Kier alpha value is -0.810. The monoisotopic (exact) mass is 273 g/mol. The highest BCUT2D eigenvalue weighted by atomic mass is 16.4. The molecule has 5 heteroatoms. The first kappa shape index (κ1) is 18.2. The van der Waals surface area contributed by atoms with Gasteiger partial charge in [0.2, 0.25) is 0 Å². The van der Waals surface area contributed by atoms with E-state index in [-0.39, 0.29) is 11.3 Å². The number of amidine groups is 1. The van der Waals surface area contributed by atoms with Crippen molar-refractivity contribution in [3.8, 4) is 0 Å². The number of hydrogen-bond acceptors (Lipinski definition) is 4. The lowest BCUT2D eigenvalue weighted by atomic mass is 9.86. The van der Waals surface area contributed by atoms with Crippen LogP contribution in [0.3, 0.4) is 0 Å². The summed E-state index contributed by atoms with van der Waals surface area (Å²) in [5.41, 5.74) is 4.80. The molecule has 0 radical (unpaired) electrons. The average molecular weight is 273 g/mol. The van der Waals surface area contributed by atoms with Crippen LogP contribution in [-0.4, -0.2) is 34.8 Å². The maximum absolute atomic E-state index is 10.1. The molecule has 0 spiro atoms. The molecule has 0 aliphatic heterocycles. The van der Waals surface area contributed by atoms with Crippen LogP contribution in [0, 0.1) is 5.41 Å². The van der Waals surface area contributed by atoms with E-state index in [4.69, 9.17) is 10.9 Å². The van der Waals surface area contributed by atoms with E-state index in [0.717, 1.165) is 38.6 Å². The molecule has 0 aliphatic rings. The van der Waals surface area contributed by atoms with Gasteiger partial charge < -0.3 is 21.4 Å². The second kappa shape index (κ2) is 8.38. The quantitative estimate of drug-likeness (QED) is 0.161. The Morgan fingerprint density at radius 1 is 1.21 bits per heavy atom. The standard InChI is InChI=1S/C14H31N3O2/c1-5-14(18,6-2)11-16-10-8-7-9-13(3,4)12(15)17-19/h16,18-19H,5-11H2,1-4H3,(H2,15,17). The van der Waals surface area contributed by atoms with Crippen molar-refractivity contribution in [2.24, 2.45) is 16.3 Å². The summed E-state index contributed by atoms with van der Waals surface area (Å²) in [6.45, 7) is 9.48. The van der Waals surface area contributed by atoms with E-state index in [1.54, 1.807) is 0 Å². The van der Waals surface area contributed by atoms with Crippen LogP contribution in [0.15, 0.2) is 5.16 Å². The summed E-state index contributed by atoms with van der Waals surface area (Å²) in [5.74, 6) is 0.284. The first-order valence-corrected chi connectivity index (χ1v) is 7.22. The van der Waals surface area contributed by atoms with Gasteiger partial charge in [0.25, 0.3) is 0 Å². The van der Waals surface area contributed by atoms with Crippen molar-refractivity contribution in [3.63, 3.8) is 0 Å². The van der Waals surface area contributed by atoms with Crippen LogP contribution in [0.1, 0.15) is 59.8 Å². The van der Waals surface area contributed by atoms with Crippen molar-refractivity contribution in [1.82, 2.24) is 5.32 Å². The zero-order chi connectivity index (χ0) is 14.9. The van der Waals surface area contributed by atoms with Gasteiger partial charge in [-0.2, -0.15) is 0 Å². The molecule has 5 N–H and O–H groups in total. The number of unbranched alkanes of at least 4 members (excludes halogenated alkanes) is 1. The summed E-state index contributed by atoms with van der Waals surface area (Å²) in [5, 5.41) is 25.1. The van der Waals surface area contributed by atoms with Gasteiger partial charge in [0.05, 0.1) is 5.60 Å². The van der Waals surface area contributed by atoms with Crippen molar-refractivity contribution in [2.45, 2.75) is 65.4 Å². The van der Waals surface area contributed by atoms with Gasteiger partial charge in [-0.1, -0.05) is 39.3 Å². The van der Waals surface area contributed by atoms with Gasteiger partial charge in [0.1, 0.15) is 5.84 Å². The van der Waals surface area contributed by atoms with Gasteiger partial charge >= 0.3 is 0 Å². The van der Waals surface area contributed by atoms with Crippen LogP contribution < -0.4 is 11.1 Å². The molecule has 19 heavy (non-hydrogen) atoms. The average Bonchev–Trinajstić information content (AvgIpc) is 2.41. The van der Waals surface area contributed by atoms with E-state index in [1.807, 2.05) is 27.7 Å². The minimum absolute atomic E-state index is 0.262. The molecule has 0 heterocycles. The van der Waals surface area contributed by atoms with Crippen LogP contribution in [0.5, 0.6) is 0 Å². The maximum atomic E-state index is 10.1. The van der Waals surface area contributed by atoms with Crippen molar-refractivity contribution < 1.29 is 10.3 Å². The second-order valence-corrected chi connectivity index (χ2v) is 5.93. The first-order chi connectivity index (χ1) is 8.81. The van der Waals surface area contributed by atoms with E-state index >= 15 is 0 Å². The van der Waals surface area contributed by atoms with Crippen molar-refractivity contribution in [3.05, 3.63) is 0 Å². The lowest BCUT2D eigenvalue weighted by molar-refractivity contribution is 0.0326. The zero-order valence-electron chi connectivity index (χ0n) is 12.9. The molecular formula is C14H31N3O2. The largest absolute Gasteiger partial charge is 0.409 e. The summed E-state index contributed by atoms with van der Waals surface area (Å²) in [6.07, 6.45) is 4.45. The van der Waals surface area contributed by atoms with Gasteiger partial charge in [-0.15, -0.1) is 0 Å². The summed E-state index contributed by atoms with van der Waals surface area (Å²) >= 11 is 0. The molecule has 0 saturated carbocycles. The molecule has 0 aliphatic carbocycles. The number of aliphatic hydroxyl groups is 1. The van der Waals surface area contributed by atoms with Crippen molar-refractivity contribution in [2.75, 3.05) is 13.1 Å². The third kappa shape index (κ3) is 6.78. The molecule has 0 saturated heterocycles. The van der Waals surface area contributed by atoms with Gasteiger partial charge in [-0.25, -0.2) is 0 Å². The number of hydrogen-bond donors (Lipinski definition) is 4. The highest BCUT2D eigenvalue weighted by Crippen LogP contribution is 2.23. The summed E-state index contributed by atoms with van der Waals surface area (Å²) < 4.78 is 0. The highest BCUT2D eigenvalue weighted by molar-refractivity contribution is 5.85. The van der Waals surface area contributed by atoms with Gasteiger partial charge in [0.15, 0.2) is 0 Å². The number of nitrogens with one attached hydrogen (secondary N) is 1. The van der Waals surface area contributed by atoms with Gasteiger partial charge in [-0.05, 0) is 32.2 Å². The van der Waals surface area contributed by atoms with Crippen molar-refractivity contribution in [1.29, 1.82) is 0 Å². The molecule has 0 aromatic carbocycles. The molecule has 5 nitrogen and oxygen atoms in total. The van der Waals surface area contributed by atoms with E-state index < -0.39 is 5.60 Å². The highest BCUT2D eigenvalue weighted by Gasteiger charge is 2.23. The number of oxime groups is 1. The second-order valence-electron chi connectivity index (χ2n) is 5.93. The predicted octanol–water partition coefficient (Wildman–Crippen LogP) is 2.07. The number of rotatable bonds is 10. The normalized spacial score (nSPS) is 13.8. The Kier molecular flexibility index (Phi) is 8.02. The first-order valence-electron chi connectivity index (χ1n) is 7.22. The third-order valence-electron chi connectivity index (χ3n) is 3.98. The van der Waals surface area contributed by atoms with Crippen LogP contribution in [0.4, 0.5) is 0 Å². The van der Waals surface area contributed by atoms with Gasteiger partial charge in [-0.3, -0.25) is 0 Å². The third-order valence-corrected chi connectivity index (χ3v) is 3.98. The van der Waals surface area contributed by atoms with Crippen LogP contribution in [-0.2, 0) is 0 Å². The summed E-state index contributed by atoms with van der Waals surface area (Å²) in [7, 11) is 0. The Morgan fingerprint density at radius 3 is 2.26 bits per heavy atom. The molecule has 0 amide bonds. The van der Waals surface area contributed by atoms with E-state index in [2.05, 4.69) is 10.5 Å². The van der Waals surface area contributed by atoms with Gasteiger partial charge in [0, 0.05) is 12.0 Å². The summed E-state index contributed by atoms with van der Waals surface area (Å²) in [6, 6.07) is 0. The molecule has 0 rings (SSSR count). The molecule has 0 bridgehead atoms. The SMILES string of the molecule is CCC(O)(CC)CNCCCCC(C)(C)C(N)=NO. The molecule has 0 fully saturated rings. The molecular weight excluding hydrogens is 242 g/mol. The molecule has 0 atom stereocenters. The Labute approximate surface area is 117 Å². The minimum Gasteiger partial charge on any atom is -0.409 e. The topological polar surface area (TPSA) is 90.9 Å². The van der Waals surface area contributed by atoms with E-state index in [1.165, 1.54) is 0 Å². The molecule has 0 aromatic heterocycles. The number of nitrogens with two attached hydrogens (primary N) is 1. The Bertz CT molecular complexity index is 274. The van der Waals surface area contributed by atoms with E-state index in [9.17, 15) is 5.11 Å². The predicted molar refractivity (Wildman–Crippen MR) is 79.4 cm³/mol. The fourth-order valence-corrected chi connectivity index (χ4v) is 1.90. The fraction of sp³-hybridized carbons (Fsp3) is 0.929. The summed E-state index contributed by atoms with van der Waals surface area (Å²) in [4.78, 5) is 0. The molecule has 0 aromatic rings. The van der Waals surface area contributed by atoms with Crippen LogP contribution in [0.2, 0.25) is 0 Å². The lowest BCUT2D eigenvalue weighted by Crippen LogP contribution is -2.39. The number of nitrogens with zero attached hydrogens (tertiary/aromatic N) is 1. The Balaban J connectivity index is 3.78. The van der Waals surface area contributed by atoms with Crippen LogP contribution in [0.25, 0.3) is 0 Å². The molecule has 0 unspecified atom stereocenters. The maximum Gasteiger partial charge on any atom is 0.144 e. The lowest BCUT2D eigenvalue weighted by Gasteiger charge is -2.26. The fourth-order valence-electron chi connectivity index (χ4n) is 1.90. The van der Waals surface area contributed by atoms with Crippen molar-refractivity contribution >= 4 is 5.84 Å². The molecule has 114 valence electrons. The van der Waals surface area contributed by atoms with Crippen LogP contribution >= 0.6 is 0 Å². The minimum atomic E-state index is -0.576. The zero-order valence-corrected chi connectivity index (χ0v) is 12.9. The Morgan fingerprint density at radius 2 is 1.79 bits per heavy atom. The van der Waals surface area contributed by atoms with E-state index in [0.29, 0.717) is 6.54 Å².